The summed E-state index contributed by atoms with van der Waals surface area (Å²) in [4.78, 5) is 16.3. The summed E-state index contributed by atoms with van der Waals surface area (Å²) in [7, 11) is 0. The van der Waals surface area contributed by atoms with Crippen LogP contribution in [0.5, 0.6) is 0 Å². The second-order valence-corrected chi connectivity index (χ2v) is 7.62. The number of thiophene rings is 1. The van der Waals surface area contributed by atoms with Gasteiger partial charge in [-0.25, -0.2) is 4.39 Å². The Labute approximate surface area is 159 Å². The first-order chi connectivity index (χ1) is 12.6. The van der Waals surface area contributed by atoms with Crippen LogP contribution in [-0.4, -0.2) is 22.5 Å². The topological polar surface area (TPSA) is 46.3 Å². The minimum absolute atomic E-state index is 0.0285. The van der Waals surface area contributed by atoms with Gasteiger partial charge >= 0.3 is 0 Å². The zero-order valence-corrected chi connectivity index (χ0v) is 15.6. The van der Waals surface area contributed by atoms with Gasteiger partial charge in [0.1, 0.15) is 22.8 Å². The van der Waals surface area contributed by atoms with E-state index in [9.17, 15) is 9.18 Å². The van der Waals surface area contributed by atoms with Gasteiger partial charge < -0.3 is 9.42 Å². The lowest BCUT2D eigenvalue weighted by Gasteiger charge is -2.24. The van der Waals surface area contributed by atoms with Crippen molar-refractivity contribution in [3.05, 3.63) is 62.8 Å². The molecule has 1 amide bonds. The molecule has 0 saturated carbocycles. The molecule has 134 valence electrons. The molecule has 26 heavy (non-hydrogen) atoms. The van der Waals surface area contributed by atoms with Crippen molar-refractivity contribution in [2.24, 2.45) is 0 Å². The first kappa shape index (κ1) is 17.2. The van der Waals surface area contributed by atoms with Crippen molar-refractivity contribution in [1.82, 2.24) is 10.1 Å². The Morgan fingerprint density at radius 1 is 1.38 bits per heavy atom. The molecule has 2 aromatic heterocycles. The quantitative estimate of drug-likeness (QED) is 0.594. The Bertz CT molecular complexity index is 934. The number of halogens is 2. The number of nitrogens with zero attached hydrogens (tertiary/aromatic N) is 2. The predicted molar refractivity (Wildman–Crippen MR) is 99.0 cm³/mol. The summed E-state index contributed by atoms with van der Waals surface area (Å²) in [6, 6.07) is 8.43. The van der Waals surface area contributed by atoms with Crippen LogP contribution in [0.25, 0.3) is 11.3 Å². The average molecular weight is 391 g/mol. The van der Waals surface area contributed by atoms with Crippen molar-refractivity contribution >= 4 is 28.8 Å². The molecule has 0 radical (unpaired) electrons. The number of benzene rings is 1. The van der Waals surface area contributed by atoms with E-state index in [4.69, 9.17) is 16.1 Å². The van der Waals surface area contributed by atoms with Crippen LogP contribution in [-0.2, 0) is 0 Å². The summed E-state index contributed by atoms with van der Waals surface area (Å²) in [5.41, 5.74) is 0.536. The highest BCUT2D eigenvalue weighted by Crippen LogP contribution is 2.39. The molecule has 1 aromatic carbocycles. The maximum atomic E-state index is 14.4. The van der Waals surface area contributed by atoms with E-state index in [0.29, 0.717) is 12.3 Å². The van der Waals surface area contributed by atoms with Gasteiger partial charge in [-0.3, -0.25) is 4.79 Å². The summed E-state index contributed by atoms with van der Waals surface area (Å²) in [6.07, 6.45) is 1.83. The van der Waals surface area contributed by atoms with E-state index in [-0.39, 0.29) is 33.8 Å². The van der Waals surface area contributed by atoms with Crippen LogP contribution in [0.4, 0.5) is 4.39 Å². The minimum atomic E-state index is -0.531. The molecule has 0 N–H and O–H groups in total. The van der Waals surface area contributed by atoms with Crippen molar-refractivity contribution in [2.75, 3.05) is 6.54 Å². The van der Waals surface area contributed by atoms with Crippen molar-refractivity contribution in [3.8, 4) is 11.3 Å². The lowest BCUT2D eigenvalue weighted by atomic mass is 10.0. The number of hydrogen-bond donors (Lipinski definition) is 0. The molecule has 4 rings (SSSR count). The van der Waals surface area contributed by atoms with Crippen LogP contribution in [0.3, 0.4) is 0 Å². The molecule has 0 unspecified atom stereocenters. The molecular formula is C19H16ClFN2O2S. The first-order valence-electron chi connectivity index (χ1n) is 8.33. The molecule has 1 saturated heterocycles. The Morgan fingerprint density at radius 2 is 2.23 bits per heavy atom. The van der Waals surface area contributed by atoms with E-state index >= 15 is 0 Å². The van der Waals surface area contributed by atoms with E-state index in [2.05, 4.69) is 5.16 Å². The van der Waals surface area contributed by atoms with Crippen LogP contribution in [0.1, 0.15) is 39.9 Å². The smallest absolute Gasteiger partial charge is 0.260 e. The second kappa shape index (κ2) is 6.85. The van der Waals surface area contributed by atoms with Gasteiger partial charge in [0.25, 0.3) is 5.91 Å². The zero-order chi connectivity index (χ0) is 18.3. The molecule has 0 spiro atoms. The molecule has 1 atom stereocenters. The average Bonchev–Trinajstić information content (AvgIpc) is 3.34. The fraction of sp³-hybridized carbons (Fsp3) is 0.263. The van der Waals surface area contributed by atoms with Gasteiger partial charge in [-0.15, -0.1) is 11.3 Å². The van der Waals surface area contributed by atoms with Crippen LogP contribution in [0, 0.1) is 12.7 Å². The van der Waals surface area contributed by atoms with E-state index in [0.717, 1.165) is 17.7 Å². The van der Waals surface area contributed by atoms with Crippen molar-refractivity contribution in [2.45, 2.75) is 25.8 Å². The molecule has 3 aromatic rings. The van der Waals surface area contributed by atoms with Gasteiger partial charge in [0.2, 0.25) is 0 Å². The Balaban J connectivity index is 1.77. The van der Waals surface area contributed by atoms with Crippen molar-refractivity contribution < 1.29 is 13.7 Å². The van der Waals surface area contributed by atoms with Gasteiger partial charge in [0.15, 0.2) is 0 Å². The minimum Gasteiger partial charge on any atom is -0.360 e. The largest absolute Gasteiger partial charge is 0.360 e. The molecule has 1 aliphatic rings. The molecule has 3 heterocycles. The monoisotopic (exact) mass is 390 g/mol. The fourth-order valence-corrected chi connectivity index (χ4v) is 4.57. The number of carbonyl (C=O) groups is 1. The number of amides is 1. The van der Waals surface area contributed by atoms with Gasteiger partial charge in [-0.05, 0) is 43.3 Å². The number of aryl methyl sites for hydroxylation is 1. The van der Waals surface area contributed by atoms with Crippen LogP contribution >= 0.6 is 22.9 Å². The summed E-state index contributed by atoms with van der Waals surface area (Å²) < 4.78 is 19.6. The predicted octanol–water partition coefficient (Wildman–Crippen LogP) is 5.48. The van der Waals surface area contributed by atoms with Crippen molar-refractivity contribution in [3.63, 3.8) is 0 Å². The maximum absolute atomic E-state index is 14.4. The lowest BCUT2D eigenvalue weighted by Crippen LogP contribution is -2.30. The maximum Gasteiger partial charge on any atom is 0.260 e. The number of aromatic nitrogens is 1. The molecule has 4 nitrogen and oxygen atoms in total. The van der Waals surface area contributed by atoms with E-state index < -0.39 is 5.82 Å². The highest BCUT2D eigenvalue weighted by molar-refractivity contribution is 7.10. The third-order valence-electron chi connectivity index (χ3n) is 4.66. The number of carbonyl (C=O) groups excluding carboxylic acids is 1. The Hall–Kier alpha value is -2.18. The van der Waals surface area contributed by atoms with E-state index in [1.54, 1.807) is 24.3 Å². The summed E-state index contributed by atoms with van der Waals surface area (Å²) in [6.45, 7) is 2.31. The normalized spacial score (nSPS) is 17.0. The first-order valence-corrected chi connectivity index (χ1v) is 9.58. The third kappa shape index (κ3) is 2.83. The second-order valence-electron chi connectivity index (χ2n) is 6.23. The van der Waals surface area contributed by atoms with Gasteiger partial charge in [0, 0.05) is 11.4 Å². The molecule has 0 bridgehead atoms. The number of hydrogen-bond acceptors (Lipinski definition) is 4. The van der Waals surface area contributed by atoms with E-state index in [1.807, 2.05) is 22.4 Å². The van der Waals surface area contributed by atoms with Gasteiger partial charge in [-0.1, -0.05) is 28.9 Å². The zero-order valence-electron chi connectivity index (χ0n) is 14.0. The highest BCUT2D eigenvalue weighted by atomic mass is 35.5. The third-order valence-corrected chi connectivity index (χ3v) is 5.95. The molecule has 0 aliphatic carbocycles. The van der Waals surface area contributed by atoms with Crippen LogP contribution in [0.15, 0.2) is 40.2 Å². The highest BCUT2D eigenvalue weighted by Gasteiger charge is 2.35. The number of rotatable bonds is 3. The Morgan fingerprint density at radius 3 is 2.96 bits per heavy atom. The van der Waals surface area contributed by atoms with Gasteiger partial charge in [0.05, 0.1) is 16.6 Å². The fourth-order valence-electron chi connectivity index (χ4n) is 3.45. The number of likely N-dealkylation sites (tertiary alicyclic amines) is 1. The standard InChI is InChI=1S/C19H16ClFN2O2S/c1-11-16(18(22-25-11)17-12(20)5-2-6-13(17)21)19(24)23-9-3-7-14(23)15-8-4-10-26-15/h2,4-6,8,10,14H,3,7,9H2,1H3/t14-/m1/s1. The molecule has 1 fully saturated rings. The van der Waals surface area contributed by atoms with Crippen LogP contribution < -0.4 is 0 Å². The molecular weight excluding hydrogens is 375 g/mol. The van der Waals surface area contributed by atoms with Crippen molar-refractivity contribution in [1.29, 1.82) is 0 Å². The lowest BCUT2D eigenvalue weighted by molar-refractivity contribution is 0.0737. The summed E-state index contributed by atoms with van der Waals surface area (Å²) >= 11 is 7.81. The summed E-state index contributed by atoms with van der Waals surface area (Å²) in [5, 5.41) is 6.15. The van der Waals surface area contributed by atoms with Gasteiger partial charge in [-0.2, -0.15) is 0 Å². The molecule has 7 heteroatoms. The molecule has 1 aliphatic heterocycles. The van der Waals surface area contributed by atoms with Crippen LogP contribution in [0.2, 0.25) is 5.02 Å². The Kier molecular flexibility index (Phi) is 4.54. The summed E-state index contributed by atoms with van der Waals surface area (Å²) in [5.74, 6) is -0.369. The SMILES string of the molecule is Cc1onc(-c2c(F)cccc2Cl)c1C(=O)N1CCC[C@@H]1c1cccs1. The van der Waals surface area contributed by atoms with E-state index in [1.165, 1.54) is 12.1 Å².